The Balaban J connectivity index is 1.99. The molecular formula is C16H14F3N3O2S. The molecule has 25 heavy (non-hydrogen) atoms. The minimum atomic E-state index is -4.72. The topological polar surface area (TPSA) is 68.9 Å². The fourth-order valence-electron chi connectivity index (χ4n) is 1.86. The number of hydrogen-bond donors (Lipinski definition) is 2. The summed E-state index contributed by atoms with van der Waals surface area (Å²) in [6, 6.07) is 12.5. The zero-order valence-electron chi connectivity index (χ0n) is 12.8. The molecule has 0 bridgehead atoms. The van der Waals surface area contributed by atoms with E-state index in [9.17, 15) is 13.2 Å². The van der Waals surface area contributed by atoms with Gasteiger partial charge in [-0.05, 0) is 42.0 Å². The summed E-state index contributed by atoms with van der Waals surface area (Å²) < 4.78 is 45.7. The molecule has 0 radical (unpaired) electrons. The van der Waals surface area contributed by atoms with E-state index in [2.05, 4.69) is 27.5 Å². The zero-order valence-corrected chi connectivity index (χ0v) is 13.6. The van der Waals surface area contributed by atoms with Crippen LogP contribution in [0.5, 0.6) is 11.5 Å². The Morgan fingerprint density at radius 3 is 2.40 bits per heavy atom. The average molecular weight is 369 g/mol. The highest BCUT2D eigenvalue weighted by Gasteiger charge is 2.30. The van der Waals surface area contributed by atoms with E-state index in [0.717, 1.165) is 11.1 Å². The van der Waals surface area contributed by atoms with Gasteiger partial charge in [0.15, 0.2) is 5.11 Å². The number of benzene rings is 2. The van der Waals surface area contributed by atoms with Crippen molar-refractivity contribution < 1.29 is 22.6 Å². The van der Waals surface area contributed by atoms with Gasteiger partial charge >= 0.3 is 6.36 Å². The Morgan fingerprint density at radius 2 is 1.76 bits per heavy atom. The number of hydrazone groups is 1. The molecule has 0 aliphatic heterocycles. The monoisotopic (exact) mass is 369 g/mol. The van der Waals surface area contributed by atoms with Crippen LogP contribution in [0.3, 0.4) is 0 Å². The molecule has 0 saturated carbocycles. The molecule has 5 nitrogen and oxygen atoms in total. The van der Waals surface area contributed by atoms with Gasteiger partial charge in [0.05, 0.1) is 6.21 Å². The number of ether oxygens (including phenoxy) is 2. The van der Waals surface area contributed by atoms with Gasteiger partial charge in [-0.25, -0.2) is 0 Å². The maximum absolute atomic E-state index is 12.1. The van der Waals surface area contributed by atoms with Crippen LogP contribution >= 0.6 is 12.2 Å². The molecule has 0 saturated heterocycles. The van der Waals surface area contributed by atoms with Gasteiger partial charge in [0.2, 0.25) is 0 Å². The molecule has 2 aromatic rings. The zero-order chi connectivity index (χ0) is 18.3. The van der Waals surface area contributed by atoms with Crippen molar-refractivity contribution in [3.63, 3.8) is 0 Å². The van der Waals surface area contributed by atoms with Crippen LogP contribution in [0.25, 0.3) is 0 Å². The molecule has 0 aliphatic carbocycles. The Hall–Kier alpha value is -2.81. The molecule has 0 aromatic heterocycles. The largest absolute Gasteiger partial charge is 0.573 e. The molecule has 0 heterocycles. The molecule has 2 aromatic carbocycles. The predicted molar refractivity (Wildman–Crippen MR) is 91.4 cm³/mol. The molecule has 132 valence electrons. The van der Waals surface area contributed by atoms with E-state index in [1.54, 1.807) is 0 Å². The van der Waals surface area contributed by atoms with Crippen molar-refractivity contribution in [1.82, 2.24) is 5.43 Å². The highest BCUT2D eigenvalue weighted by molar-refractivity contribution is 7.80. The third-order valence-electron chi connectivity index (χ3n) is 2.89. The lowest BCUT2D eigenvalue weighted by Gasteiger charge is -2.11. The van der Waals surface area contributed by atoms with E-state index in [1.807, 2.05) is 24.3 Å². The molecule has 3 N–H and O–H groups in total. The fourth-order valence-corrected chi connectivity index (χ4v) is 1.91. The Morgan fingerprint density at radius 1 is 1.12 bits per heavy atom. The SMILES string of the molecule is NC(=S)NN=Cc1ccccc1COc1ccc(OC(F)(F)F)cc1. The van der Waals surface area contributed by atoms with Gasteiger partial charge < -0.3 is 15.2 Å². The highest BCUT2D eigenvalue weighted by Crippen LogP contribution is 2.25. The number of halogens is 3. The maximum Gasteiger partial charge on any atom is 0.573 e. The number of rotatable bonds is 6. The first-order chi connectivity index (χ1) is 11.8. The van der Waals surface area contributed by atoms with Crippen molar-refractivity contribution in [2.75, 3.05) is 0 Å². The molecule has 0 spiro atoms. The number of thiocarbonyl (C=S) groups is 1. The van der Waals surface area contributed by atoms with Crippen LogP contribution in [0, 0.1) is 0 Å². The van der Waals surface area contributed by atoms with Crippen molar-refractivity contribution >= 4 is 23.5 Å². The van der Waals surface area contributed by atoms with Gasteiger partial charge in [0, 0.05) is 5.56 Å². The van der Waals surface area contributed by atoms with Crippen LogP contribution in [0.1, 0.15) is 11.1 Å². The number of hydrogen-bond acceptors (Lipinski definition) is 4. The van der Waals surface area contributed by atoms with Crippen LogP contribution in [0.4, 0.5) is 13.2 Å². The lowest BCUT2D eigenvalue weighted by atomic mass is 10.1. The number of nitrogens with two attached hydrogens (primary N) is 1. The summed E-state index contributed by atoms with van der Waals surface area (Å²) in [4.78, 5) is 0. The van der Waals surface area contributed by atoms with Crippen LogP contribution in [-0.4, -0.2) is 17.7 Å². The van der Waals surface area contributed by atoms with Crippen molar-refractivity contribution in [2.45, 2.75) is 13.0 Å². The summed E-state index contributed by atoms with van der Waals surface area (Å²) in [6.45, 7) is 0.203. The average Bonchev–Trinajstić information content (AvgIpc) is 2.53. The van der Waals surface area contributed by atoms with Gasteiger partial charge in [0.25, 0.3) is 0 Å². The minimum absolute atomic E-state index is 0.0474. The first kappa shape index (κ1) is 18.5. The van der Waals surface area contributed by atoms with Gasteiger partial charge in [-0.2, -0.15) is 5.10 Å². The van der Waals surface area contributed by atoms with Gasteiger partial charge in [-0.15, -0.1) is 13.2 Å². The summed E-state index contributed by atoms with van der Waals surface area (Å²) in [6.07, 6.45) is -3.18. The van der Waals surface area contributed by atoms with Crippen LogP contribution in [0.15, 0.2) is 53.6 Å². The Kier molecular flexibility index (Phi) is 6.18. The molecule has 0 aliphatic rings. The summed E-state index contributed by atoms with van der Waals surface area (Å²) in [5.74, 6) is 0.0961. The van der Waals surface area contributed by atoms with E-state index < -0.39 is 6.36 Å². The maximum atomic E-state index is 12.1. The lowest BCUT2D eigenvalue weighted by Crippen LogP contribution is -2.24. The third kappa shape index (κ3) is 6.68. The first-order valence-electron chi connectivity index (χ1n) is 6.98. The van der Waals surface area contributed by atoms with E-state index in [0.29, 0.717) is 5.75 Å². The summed E-state index contributed by atoms with van der Waals surface area (Å²) in [7, 11) is 0. The minimum Gasteiger partial charge on any atom is -0.489 e. The molecule has 0 fully saturated rings. The van der Waals surface area contributed by atoms with Crippen molar-refractivity contribution in [3.05, 3.63) is 59.7 Å². The molecule has 0 amide bonds. The highest BCUT2D eigenvalue weighted by atomic mass is 32.1. The molecule has 0 atom stereocenters. The number of nitrogens with zero attached hydrogens (tertiary/aromatic N) is 1. The van der Waals surface area contributed by atoms with E-state index in [-0.39, 0.29) is 17.5 Å². The van der Waals surface area contributed by atoms with Gasteiger partial charge in [-0.3, -0.25) is 5.43 Å². The second-order valence-electron chi connectivity index (χ2n) is 4.74. The lowest BCUT2D eigenvalue weighted by molar-refractivity contribution is -0.274. The van der Waals surface area contributed by atoms with Gasteiger partial charge in [0.1, 0.15) is 18.1 Å². The normalized spacial score (nSPS) is 11.3. The van der Waals surface area contributed by atoms with E-state index in [4.69, 9.17) is 10.5 Å². The Bertz CT molecular complexity index is 749. The van der Waals surface area contributed by atoms with Crippen molar-refractivity contribution in [3.8, 4) is 11.5 Å². The quantitative estimate of drug-likeness (QED) is 0.464. The molecule has 0 unspecified atom stereocenters. The van der Waals surface area contributed by atoms with Crippen LogP contribution in [0.2, 0.25) is 0 Å². The molecule has 2 rings (SSSR count). The summed E-state index contributed by atoms with van der Waals surface area (Å²) in [5, 5.41) is 3.93. The van der Waals surface area contributed by atoms with E-state index >= 15 is 0 Å². The predicted octanol–water partition coefficient (Wildman–Crippen LogP) is 3.33. The smallest absolute Gasteiger partial charge is 0.489 e. The second kappa shape index (κ2) is 8.34. The standard InChI is InChI=1S/C16H14F3N3O2S/c17-16(18,19)24-14-7-5-13(6-8-14)23-10-12-4-2-1-3-11(12)9-21-22-15(20)25/h1-9H,10H2,(H3,20,22,25). The fraction of sp³-hybridized carbons (Fsp3) is 0.125. The van der Waals surface area contributed by atoms with Crippen molar-refractivity contribution in [1.29, 1.82) is 0 Å². The Labute approximate surface area is 147 Å². The van der Waals surface area contributed by atoms with E-state index in [1.165, 1.54) is 30.5 Å². The second-order valence-corrected chi connectivity index (χ2v) is 5.18. The summed E-state index contributed by atoms with van der Waals surface area (Å²) >= 11 is 4.65. The third-order valence-corrected chi connectivity index (χ3v) is 2.98. The van der Waals surface area contributed by atoms with Crippen LogP contribution < -0.4 is 20.6 Å². The number of nitrogens with one attached hydrogen (secondary N) is 1. The van der Waals surface area contributed by atoms with Crippen LogP contribution in [-0.2, 0) is 6.61 Å². The van der Waals surface area contributed by atoms with Crippen molar-refractivity contribution in [2.24, 2.45) is 10.8 Å². The first-order valence-corrected chi connectivity index (χ1v) is 7.39. The van der Waals surface area contributed by atoms with Gasteiger partial charge in [-0.1, -0.05) is 24.3 Å². The molecule has 9 heteroatoms. The molecular weight excluding hydrogens is 355 g/mol. The summed E-state index contributed by atoms with van der Waals surface area (Å²) in [5.41, 5.74) is 9.34. The number of alkyl halides is 3.